The van der Waals surface area contributed by atoms with Gasteiger partial charge in [0.25, 0.3) is 6.47 Å². The minimum absolute atomic E-state index is 0.0806. The molecule has 1 aromatic heterocycles. The minimum atomic E-state index is -4.66. The van der Waals surface area contributed by atoms with Crippen molar-refractivity contribution in [3.8, 4) is 11.1 Å². The van der Waals surface area contributed by atoms with Gasteiger partial charge in [-0.25, -0.2) is 9.37 Å². The summed E-state index contributed by atoms with van der Waals surface area (Å²) in [5.74, 6) is -0.803. The van der Waals surface area contributed by atoms with Gasteiger partial charge in [-0.2, -0.15) is 13.2 Å². The van der Waals surface area contributed by atoms with Crippen LogP contribution in [0.1, 0.15) is 42.1 Å². The SMILES string of the molecule is CNS.COCC1CC(C(=O)Nc2ccc(C(F)(F)F)cc2F)CC(c2ccc(-c3ccc4c(c3)nc(C)n4C)cc2)C1.O=CO. The van der Waals surface area contributed by atoms with Gasteiger partial charge in [0.1, 0.15) is 11.6 Å². The zero-order valence-corrected chi connectivity index (χ0v) is 26.8. The minimum Gasteiger partial charge on any atom is -0.483 e. The normalized spacial score (nSPS) is 17.7. The molecule has 3 aromatic carbocycles. The third-order valence-corrected chi connectivity index (χ3v) is 7.95. The molecule has 3 N–H and O–H groups in total. The largest absolute Gasteiger partial charge is 0.483 e. The molecule has 0 spiro atoms. The number of fused-ring (bicyclic) bond motifs is 1. The molecular weight excluding hydrogens is 624 g/mol. The van der Waals surface area contributed by atoms with Crippen LogP contribution >= 0.6 is 12.8 Å². The fourth-order valence-corrected chi connectivity index (χ4v) is 5.77. The van der Waals surface area contributed by atoms with Gasteiger partial charge in [-0.3, -0.25) is 14.3 Å². The summed E-state index contributed by atoms with van der Waals surface area (Å²) in [4.78, 5) is 26.1. The van der Waals surface area contributed by atoms with Crippen LogP contribution in [0.5, 0.6) is 0 Å². The highest BCUT2D eigenvalue weighted by Crippen LogP contribution is 2.41. The molecule has 1 aliphatic carbocycles. The van der Waals surface area contributed by atoms with Crippen LogP contribution in [0.15, 0.2) is 60.7 Å². The van der Waals surface area contributed by atoms with Crippen LogP contribution in [0.2, 0.25) is 0 Å². The maximum atomic E-state index is 14.4. The van der Waals surface area contributed by atoms with Gasteiger partial charge in [-0.05, 0) is 92.1 Å². The summed E-state index contributed by atoms with van der Waals surface area (Å²) in [5, 5.41) is 9.40. The Bertz CT molecular complexity index is 1610. The van der Waals surface area contributed by atoms with Crippen molar-refractivity contribution in [1.29, 1.82) is 0 Å². The quantitative estimate of drug-likeness (QED) is 0.0986. The second-order valence-corrected chi connectivity index (χ2v) is 11.4. The molecule has 3 atom stereocenters. The molecule has 0 radical (unpaired) electrons. The van der Waals surface area contributed by atoms with E-state index < -0.39 is 29.4 Å². The number of rotatable bonds is 6. The lowest BCUT2D eigenvalue weighted by atomic mass is 9.72. The fraction of sp³-hybridized carbons (Fsp3) is 0.364. The molecule has 5 rings (SSSR count). The Labute approximate surface area is 270 Å². The van der Waals surface area contributed by atoms with Gasteiger partial charge in [0.15, 0.2) is 0 Å². The third kappa shape index (κ3) is 9.30. The molecule has 3 unspecified atom stereocenters. The number of aromatic nitrogens is 2. The number of anilines is 1. The molecule has 1 aliphatic rings. The van der Waals surface area contributed by atoms with Gasteiger partial charge in [0.2, 0.25) is 5.91 Å². The van der Waals surface area contributed by atoms with E-state index in [1.54, 1.807) is 14.2 Å². The number of carboxylic acid groups (broad SMARTS) is 1. The number of hydrogen-bond acceptors (Lipinski definition) is 6. The number of ether oxygens (including phenoxy) is 1. The standard InChI is InChI=1S/C31H31F4N3O2.CH5NS.CH2O2/c1-18-36-28-15-22(8-11-29(28)38(18)2)20-4-6-21(7-5-20)23-12-19(17-40-3)13-24(14-23)30(39)37-27-10-9-25(16-26(27)32)31(33,34)35;1-2-3;2-1-3/h4-11,15-16,19,23-24H,12-14,17H2,1-3H3,(H,37,39);2-3H,1H3;1H,(H,2,3). The first kappa shape index (κ1) is 36.5. The number of halogens is 4. The van der Waals surface area contributed by atoms with Crippen molar-refractivity contribution in [1.82, 2.24) is 14.3 Å². The first-order valence-corrected chi connectivity index (χ1v) is 14.9. The molecule has 8 nitrogen and oxygen atoms in total. The molecule has 46 heavy (non-hydrogen) atoms. The van der Waals surface area contributed by atoms with Crippen LogP contribution in [0.3, 0.4) is 0 Å². The summed E-state index contributed by atoms with van der Waals surface area (Å²) in [5.41, 5.74) is 3.88. The van der Waals surface area contributed by atoms with Gasteiger partial charge in [-0.15, -0.1) is 0 Å². The Balaban J connectivity index is 0.000000891. The zero-order chi connectivity index (χ0) is 34.0. The van der Waals surface area contributed by atoms with E-state index in [0.717, 1.165) is 52.1 Å². The van der Waals surface area contributed by atoms with Gasteiger partial charge < -0.3 is 19.7 Å². The van der Waals surface area contributed by atoms with Crippen LogP contribution in [0.25, 0.3) is 22.2 Å². The highest BCUT2D eigenvalue weighted by atomic mass is 32.1. The Kier molecular flexibility index (Phi) is 13.2. The lowest BCUT2D eigenvalue weighted by molar-refractivity contribution is -0.137. The molecule has 1 amide bonds. The first-order chi connectivity index (χ1) is 21.9. The van der Waals surface area contributed by atoms with E-state index in [1.807, 2.05) is 14.0 Å². The van der Waals surface area contributed by atoms with E-state index in [2.05, 4.69) is 74.9 Å². The van der Waals surface area contributed by atoms with E-state index in [1.165, 1.54) is 0 Å². The number of alkyl halides is 3. The summed E-state index contributed by atoms with van der Waals surface area (Å²) in [6, 6.07) is 16.6. The number of carbonyl (C=O) groups excluding carboxylic acids is 1. The average Bonchev–Trinajstić information content (AvgIpc) is 3.30. The Hall–Kier alpha value is -3.94. The van der Waals surface area contributed by atoms with E-state index in [9.17, 15) is 22.4 Å². The molecule has 1 heterocycles. The van der Waals surface area contributed by atoms with Crippen molar-refractivity contribution >= 4 is 41.9 Å². The van der Waals surface area contributed by atoms with Gasteiger partial charge >= 0.3 is 6.18 Å². The second kappa shape index (κ2) is 16.6. The van der Waals surface area contributed by atoms with Crippen LogP contribution in [-0.4, -0.2) is 47.8 Å². The summed E-state index contributed by atoms with van der Waals surface area (Å²) in [6.07, 6.45) is -2.72. The Morgan fingerprint density at radius 1 is 1.09 bits per heavy atom. The number of aryl methyl sites for hydroxylation is 2. The van der Waals surface area contributed by atoms with Crippen LogP contribution in [-0.2, 0) is 27.5 Å². The molecule has 4 aromatic rings. The number of carbonyl (C=O) groups is 2. The number of hydrogen-bond donors (Lipinski definition) is 4. The number of amides is 1. The van der Waals surface area contributed by atoms with Crippen molar-refractivity contribution in [3.63, 3.8) is 0 Å². The van der Waals surface area contributed by atoms with Crippen molar-refractivity contribution < 1.29 is 37.0 Å². The number of nitrogens with one attached hydrogen (secondary N) is 2. The summed E-state index contributed by atoms with van der Waals surface area (Å²) < 4.78 is 63.0. The Morgan fingerprint density at radius 2 is 1.72 bits per heavy atom. The molecule has 1 saturated carbocycles. The zero-order valence-electron chi connectivity index (χ0n) is 25.9. The highest BCUT2D eigenvalue weighted by molar-refractivity contribution is 7.78. The van der Waals surface area contributed by atoms with Crippen molar-refractivity contribution in [3.05, 3.63) is 83.4 Å². The van der Waals surface area contributed by atoms with Crippen molar-refractivity contribution in [2.75, 3.05) is 26.1 Å². The molecule has 248 valence electrons. The van der Waals surface area contributed by atoms with Crippen LogP contribution in [0, 0.1) is 24.6 Å². The van der Waals surface area contributed by atoms with E-state index in [4.69, 9.17) is 14.6 Å². The average molecular weight is 663 g/mol. The smallest absolute Gasteiger partial charge is 0.416 e. The fourth-order valence-electron chi connectivity index (χ4n) is 5.77. The number of thiol groups is 1. The van der Waals surface area contributed by atoms with E-state index in [-0.39, 0.29) is 24.0 Å². The second-order valence-electron chi connectivity index (χ2n) is 11.0. The van der Waals surface area contributed by atoms with Crippen molar-refractivity contribution in [2.24, 2.45) is 18.9 Å². The predicted molar refractivity (Wildman–Crippen MR) is 173 cm³/mol. The summed E-state index contributed by atoms with van der Waals surface area (Å²) in [6.45, 7) is 2.21. The predicted octanol–water partition coefficient (Wildman–Crippen LogP) is 7.24. The molecule has 1 fully saturated rings. The molecule has 0 saturated heterocycles. The maximum absolute atomic E-state index is 14.4. The van der Waals surface area contributed by atoms with Gasteiger partial charge in [0, 0.05) is 26.7 Å². The van der Waals surface area contributed by atoms with E-state index >= 15 is 0 Å². The lowest BCUT2D eigenvalue weighted by Crippen LogP contribution is -2.33. The summed E-state index contributed by atoms with van der Waals surface area (Å²) in [7, 11) is 5.35. The number of methoxy groups -OCH3 is 1. The number of nitrogens with zero attached hydrogens (tertiary/aromatic N) is 2. The Morgan fingerprint density at radius 3 is 2.30 bits per heavy atom. The topological polar surface area (TPSA) is 105 Å². The monoisotopic (exact) mass is 662 g/mol. The highest BCUT2D eigenvalue weighted by Gasteiger charge is 2.35. The lowest BCUT2D eigenvalue weighted by Gasteiger charge is -2.34. The van der Waals surface area contributed by atoms with Gasteiger partial charge in [-0.1, -0.05) is 43.1 Å². The molecular formula is C33H38F4N4O4S. The van der Waals surface area contributed by atoms with Crippen LogP contribution < -0.4 is 10.0 Å². The molecule has 13 heteroatoms. The number of imidazole rings is 1. The molecule has 0 bridgehead atoms. The van der Waals surface area contributed by atoms with Crippen LogP contribution in [0.4, 0.5) is 23.2 Å². The first-order valence-electron chi connectivity index (χ1n) is 14.4. The number of benzene rings is 3. The maximum Gasteiger partial charge on any atom is 0.416 e. The van der Waals surface area contributed by atoms with Crippen molar-refractivity contribution in [2.45, 2.75) is 38.3 Å². The van der Waals surface area contributed by atoms with Gasteiger partial charge in [0.05, 0.1) is 22.3 Å². The summed E-state index contributed by atoms with van der Waals surface area (Å²) >= 11 is 3.54. The molecule has 0 aliphatic heterocycles. The van der Waals surface area contributed by atoms with E-state index in [0.29, 0.717) is 25.5 Å². The third-order valence-electron chi connectivity index (χ3n) is 7.95.